The maximum Gasteiger partial charge on any atom is 0.337 e. The number of carbonyl (C=O) groups excluding carboxylic acids is 1. The molecule has 1 aromatic carbocycles. The molecule has 0 aliphatic heterocycles. The van der Waals surface area contributed by atoms with E-state index < -0.39 is 18.0 Å². The Morgan fingerprint density at radius 1 is 1.24 bits per heavy atom. The summed E-state index contributed by atoms with van der Waals surface area (Å²) < 4.78 is 0. The number of aliphatic carboxylic acids is 1. The van der Waals surface area contributed by atoms with Crippen LogP contribution in [-0.4, -0.2) is 28.1 Å². The number of nitrogens with one attached hydrogen (secondary N) is 1. The summed E-state index contributed by atoms with van der Waals surface area (Å²) in [5.41, 5.74) is 0.272. The minimum Gasteiger partial charge on any atom is -0.479 e. The predicted octanol–water partition coefficient (Wildman–Crippen LogP) is 0.943. The molecule has 0 aliphatic rings. The van der Waals surface area contributed by atoms with Crippen LogP contribution >= 0.6 is 0 Å². The monoisotopic (exact) mass is 237 g/mol. The lowest BCUT2D eigenvalue weighted by molar-refractivity contribution is -0.146. The third kappa shape index (κ3) is 3.29. The Bertz CT molecular complexity index is 428. The first kappa shape index (κ1) is 13.2. The number of aliphatic hydroxyl groups is 1. The second kappa shape index (κ2) is 5.45. The Morgan fingerprint density at radius 2 is 1.82 bits per heavy atom. The topological polar surface area (TPSA) is 86.6 Å². The quantitative estimate of drug-likeness (QED) is 0.727. The SMILES string of the molecule is CC(C)NC(=O)c1ccccc1[C@@H](O)C(=O)O. The van der Waals surface area contributed by atoms with Gasteiger partial charge in [0.2, 0.25) is 0 Å². The van der Waals surface area contributed by atoms with Gasteiger partial charge < -0.3 is 15.5 Å². The molecule has 17 heavy (non-hydrogen) atoms. The summed E-state index contributed by atoms with van der Waals surface area (Å²) in [6.45, 7) is 3.60. The first-order valence-electron chi connectivity index (χ1n) is 5.24. The van der Waals surface area contributed by atoms with Gasteiger partial charge >= 0.3 is 5.97 Å². The van der Waals surface area contributed by atoms with Gasteiger partial charge in [-0.2, -0.15) is 0 Å². The Kier molecular flexibility index (Phi) is 4.23. The first-order chi connectivity index (χ1) is 7.93. The van der Waals surface area contributed by atoms with E-state index in [0.29, 0.717) is 0 Å². The second-order valence-corrected chi connectivity index (χ2v) is 3.96. The number of hydrogen-bond donors (Lipinski definition) is 3. The van der Waals surface area contributed by atoms with Crippen LogP contribution in [0, 0.1) is 0 Å². The van der Waals surface area contributed by atoms with Gasteiger partial charge in [-0.05, 0) is 19.9 Å². The average Bonchev–Trinajstić information content (AvgIpc) is 2.27. The maximum atomic E-state index is 11.8. The summed E-state index contributed by atoms with van der Waals surface area (Å²) >= 11 is 0. The third-order valence-electron chi connectivity index (χ3n) is 2.15. The summed E-state index contributed by atoms with van der Waals surface area (Å²) in [4.78, 5) is 22.5. The molecule has 1 amide bonds. The maximum absolute atomic E-state index is 11.8. The zero-order valence-corrected chi connectivity index (χ0v) is 9.68. The Balaban J connectivity index is 3.07. The van der Waals surface area contributed by atoms with Crippen LogP contribution in [0.25, 0.3) is 0 Å². The molecule has 0 fully saturated rings. The van der Waals surface area contributed by atoms with Crippen molar-refractivity contribution in [1.82, 2.24) is 5.32 Å². The molecule has 0 unspecified atom stereocenters. The number of carboxylic acid groups (broad SMARTS) is 1. The van der Waals surface area contributed by atoms with E-state index in [1.54, 1.807) is 26.0 Å². The van der Waals surface area contributed by atoms with Crippen molar-refractivity contribution in [3.8, 4) is 0 Å². The van der Waals surface area contributed by atoms with E-state index in [2.05, 4.69) is 5.32 Å². The molecule has 0 saturated heterocycles. The molecular weight excluding hydrogens is 222 g/mol. The van der Waals surface area contributed by atoms with Gasteiger partial charge in [0, 0.05) is 17.2 Å². The van der Waals surface area contributed by atoms with Crippen molar-refractivity contribution >= 4 is 11.9 Å². The van der Waals surface area contributed by atoms with Crippen molar-refractivity contribution in [2.75, 3.05) is 0 Å². The lowest BCUT2D eigenvalue weighted by atomic mass is 10.0. The van der Waals surface area contributed by atoms with Crippen LogP contribution in [0.5, 0.6) is 0 Å². The minimum absolute atomic E-state index is 0.0578. The van der Waals surface area contributed by atoms with Crippen molar-refractivity contribution in [3.63, 3.8) is 0 Å². The summed E-state index contributed by atoms with van der Waals surface area (Å²) in [6, 6.07) is 6.05. The summed E-state index contributed by atoms with van der Waals surface area (Å²) in [7, 11) is 0. The van der Waals surface area contributed by atoms with E-state index in [1.165, 1.54) is 12.1 Å². The number of aliphatic hydroxyl groups excluding tert-OH is 1. The smallest absolute Gasteiger partial charge is 0.337 e. The van der Waals surface area contributed by atoms with Crippen LogP contribution in [0.15, 0.2) is 24.3 Å². The Morgan fingerprint density at radius 3 is 2.35 bits per heavy atom. The van der Waals surface area contributed by atoms with E-state index in [1.807, 2.05) is 0 Å². The molecule has 0 bridgehead atoms. The van der Waals surface area contributed by atoms with Gasteiger partial charge in [0.1, 0.15) is 0 Å². The van der Waals surface area contributed by atoms with Crippen LogP contribution in [0.4, 0.5) is 0 Å². The molecule has 3 N–H and O–H groups in total. The Labute approximate surface area is 99.1 Å². The van der Waals surface area contributed by atoms with Gasteiger partial charge in [0.05, 0.1) is 0 Å². The standard InChI is InChI=1S/C12H15NO4/c1-7(2)13-11(15)9-6-4-3-5-8(9)10(14)12(16)17/h3-7,10,14H,1-2H3,(H,13,15)(H,16,17)/t10-/m1/s1. The van der Waals surface area contributed by atoms with Gasteiger partial charge in [0.15, 0.2) is 6.10 Å². The molecule has 5 nitrogen and oxygen atoms in total. The van der Waals surface area contributed by atoms with E-state index in [9.17, 15) is 14.7 Å². The van der Waals surface area contributed by atoms with Crippen LogP contribution in [0.3, 0.4) is 0 Å². The van der Waals surface area contributed by atoms with Gasteiger partial charge in [-0.25, -0.2) is 4.79 Å². The molecule has 0 heterocycles. The van der Waals surface area contributed by atoms with Crippen LogP contribution < -0.4 is 5.32 Å². The van der Waals surface area contributed by atoms with Gasteiger partial charge in [-0.15, -0.1) is 0 Å². The van der Waals surface area contributed by atoms with Crippen molar-refractivity contribution in [2.45, 2.75) is 26.0 Å². The highest BCUT2D eigenvalue weighted by Crippen LogP contribution is 2.18. The normalized spacial score (nSPS) is 12.2. The van der Waals surface area contributed by atoms with E-state index in [4.69, 9.17) is 5.11 Å². The number of carbonyl (C=O) groups is 2. The highest BCUT2D eigenvalue weighted by molar-refractivity contribution is 5.97. The van der Waals surface area contributed by atoms with Crippen molar-refractivity contribution in [2.24, 2.45) is 0 Å². The predicted molar refractivity (Wildman–Crippen MR) is 61.6 cm³/mol. The zero-order valence-electron chi connectivity index (χ0n) is 9.68. The largest absolute Gasteiger partial charge is 0.479 e. The van der Waals surface area contributed by atoms with E-state index in [0.717, 1.165) is 0 Å². The first-order valence-corrected chi connectivity index (χ1v) is 5.24. The van der Waals surface area contributed by atoms with Gasteiger partial charge in [-0.3, -0.25) is 4.79 Å². The number of carboxylic acids is 1. The number of hydrogen-bond acceptors (Lipinski definition) is 3. The Hall–Kier alpha value is -1.88. The molecule has 92 valence electrons. The molecule has 5 heteroatoms. The summed E-state index contributed by atoms with van der Waals surface area (Å²) in [5.74, 6) is -1.77. The van der Waals surface area contributed by atoms with Crippen molar-refractivity contribution in [1.29, 1.82) is 0 Å². The molecular formula is C12H15NO4. The molecule has 1 rings (SSSR count). The number of rotatable bonds is 4. The fourth-order valence-electron chi connectivity index (χ4n) is 1.42. The van der Waals surface area contributed by atoms with Gasteiger partial charge in [-0.1, -0.05) is 18.2 Å². The lowest BCUT2D eigenvalue weighted by Crippen LogP contribution is -2.31. The summed E-state index contributed by atoms with van der Waals surface area (Å²) in [5, 5.41) is 20.9. The highest BCUT2D eigenvalue weighted by Gasteiger charge is 2.22. The van der Waals surface area contributed by atoms with Crippen molar-refractivity contribution in [3.05, 3.63) is 35.4 Å². The molecule has 0 radical (unpaired) electrons. The molecule has 0 aliphatic carbocycles. The van der Waals surface area contributed by atoms with E-state index >= 15 is 0 Å². The zero-order chi connectivity index (χ0) is 13.0. The minimum atomic E-state index is -1.69. The number of benzene rings is 1. The molecule has 0 aromatic heterocycles. The fraction of sp³-hybridized carbons (Fsp3) is 0.333. The summed E-state index contributed by atoms with van der Waals surface area (Å²) in [6.07, 6.45) is -1.69. The molecule has 1 aromatic rings. The van der Waals surface area contributed by atoms with Crippen LogP contribution in [0.2, 0.25) is 0 Å². The van der Waals surface area contributed by atoms with Crippen molar-refractivity contribution < 1.29 is 19.8 Å². The fourth-order valence-corrected chi connectivity index (χ4v) is 1.42. The average molecular weight is 237 g/mol. The number of amides is 1. The van der Waals surface area contributed by atoms with Gasteiger partial charge in [0.25, 0.3) is 5.91 Å². The third-order valence-corrected chi connectivity index (χ3v) is 2.15. The van der Waals surface area contributed by atoms with Crippen LogP contribution in [-0.2, 0) is 4.79 Å². The molecule has 1 atom stereocenters. The van der Waals surface area contributed by atoms with E-state index in [-0.39, 0.29) is 17.2 Å². The lowest BCUT2D eigenvalue weighted by Gasteiger charge is -2.13. The highest BCUT2D eigenvalue weighted by atomic mass is 16.4. The molecule has 0 spiro atoms. The van der Waals surface area contributed by atoms with Crippen LogP contribution in [0.1, 0.15) is 35.9 Å². The second-order valence-electron chi connectivity index (χ2n) is 3.96. The molecule has 0 saturated carbocycles.